The van der Waals surface area contributed by atoms with Crippen LogP contribution >= 0.6 is 0 Å². The highest BCUT2D eigenvalue weighted by Gasteiger charge is 2.22. The van der Waals surface area contributed by atoms with E-state index in [-0.39, 0.29) is 11.9 Å². The molecule has 0 saturated carbocycles. The predicted octanol–water partition coefficient (Wildman–Crippen LogP) is 4.40. The maximum atomic E-state index is 12.6. The lowest BCUT2D eigenvalue weighted by Crippen LogP contribution is -2.43. The predicted molar refractivity (Wildman–Crippen MR) is 93.3 cm³/mol. The van der Waals surface area contributed by atoms with E-state index in [2.05, 4.69) is 30.1 Å². The van der Waals surface area contributed by atoms with Gasteiger partial charge >= 0.3 is 0 Å². The van der Waals surface area contributed by atoms with Crippen molar-refractivity contribution >= 4 is 11.6 Å². The minimum atomic E-state index is -0.0571. The van der Waals surface area contributed by atoms with Gasteiger partial charge in [0.2, 0.25) is 5.91 Å². The summed E-state index contributed by atoms with van der Waals surface area (Å²) in [7, 11) is 0. The van der Waals surface area contributed by atoms with E-state index < -0.39 is 0 Å². The van der Waals surface area contributed by atoms with Crippen molar-refractivity contribution in [3.8, 4) is 0 Å². The largest absolute Gasteiger partial charge is 0.324 e. The van der Waals surface area contributed by atoms with Gasteiger partial charge in [0.05, 0.1) is 6.04 Å². The third-order valence-electron chi connectivity index (χ3n) is 4.66. The van der Waals surface area contributed by atoms with Crippen molar-refractivity contribution in [3.63, 3.8) is 0 Å². The molecule has 3 nitrogen and oxygen atoms in total. The van der Waals surface area contributed by atoms with Crippen LogP contribution in [0.3, 0.4) is 0 Å². The molecular formula is C19H30N2O. The van der Waals surface area contributed by atoms with E-state index in [1.165, 1.54) is 37.7 Å². The number of carbonyl (C=O) groups excluding carboxylic acids is 1. The molecule has 2 rings (SSSR count). The molecule has 122 valence electrons. The second-order valence-corrected chi connectivity index (χ2v) is 6.71. The van der Waals surface area contributed by atoms with Crippen LogP contribution < -0.4 is 5.32 Å². The Labute approximate surface area is 135 Å². The molecule has 1 amide bonds. The van der Waals surface area contributed by atoms with Crippen molar-refractivity contribution in [2.75, 3.05) is 18.4 Å². The van der Waals surface area contributed by atoms with Gasteiger partial charge in [-0.2, -0.15) is 0 Å². The Morgan fingerprint density at radius 2 is 1.59 bits per heavy atom. The monoisotopic (exact) mass is 302 g/mol. The number of hydrogen-bond acceptors (Lipinski definition) is 2. The number of nitrogens with one attached hydrogen (secondary N) is 1. The van der Waals surface area contributed by atoms with Gasteiger partial charge in [0.25, 0.3) is 0 Å². The van der Waals surface area contributed by atoms with Crippen LogP contribution in [0.25, 0.3) is 0 Å². The van der Waals surface area contributed by atoms with Crippen LogP contribution in [0.1, 0.15) is 64.4 Å². The number of hydrogen-bond donors (Lipinski definition) is 1. The molecule has 1 aromatic carbocycles. The van der Waals surface area contributed by atoms with Crippen molar-refractivity contribution in [2.45, 2.75) is 64.8 Å². The first-order chi connectivity index (χ1) is 10.6. The Morgan fingerprint density at radius 1 is 1.00 bits per heavy atom. The first-order valence-corrected chi connectivity index (χ1v) is 8.73. The van der Waals surface area contributed by atoms with Gasteiger partial charge in [-0.3, -0.25) is 9.69 Å². The van der Waals surface area contributed by atoms with E-state index in [0.717, 1.165) is 18.8 Å². The van der Waals surface area contributed by atoms with Gasteiger partial charge in [-0.1, -0.05) is 51.3 Å². The molecular weight excluding hydrogens is 272 g/mol. The highest BCUT2D eigenvalue weighted by atomic mass is 16.2. The highest BCUT2D eigenvalue weighted by molar-refractivity contribution is 5.95. The average Bonchev–Trinajstić information content (AvgIpc) is 2.46. The molecule has 1 aromatic rings. The quantitative estimate of drug-likeness (QED) is 0.894. The second-order valence-electron chi connectivity index (χ2n) is 6.71. The molecule has 1 atom stereocenters. The van der Waals surface area contributed by atoms with Crippen LogP contribution in [0, 0.1) is 0 Å². The minimum absolute atomic E-state index is 0.0571. The SMILES string of the molecule is CC(C)c1ccccc1NC(=O)C(C)N1CCCCCCC1. The van der Waals surface area contributed by atoms with E-state index in [0.29, 0.717) is 5.92 Å². The lowest BCUT2D eigenvalue weighted by Gasteiger charge is -2.30. The highest BCUT2D eigenvalue weighted by Crippen LogP contribution is 2.24. The van der Waals surface area contributed by atoms with E-state index in [1.807, 2.05) is 25.1 Å². The Balaban J connectivity index is 2.01. The van der Waals surface area contributed by atoms with Crippen LogP contribution in [-0.2, 0) is 4.79 Å². The maximum Gasteiger partial charge on any atom is 0.241 e. The number of carbonyl (C=O) groups is 1. The lowest BCUT2D eigenvalue weighted by molar-refractivity contribution is -0.120. The fraction of sp³-hybridized carbons (Fsp3) is 0.632. The molecule has 1 saturated heterocycles. The average molecular weight is 302 g/mol. The minimum Gasteiger partial charge on any atom is -0.324 e. The van der Waals surface area contributed by atoms with Crippen molar-refractivity contribution < 1.29 is 4.79 Å². The fourth-order valence-corrected chi connectivity index (χ4v) is 3.18. The van der Waals surface area contributed by atoms with Gasteiger partial charge in [0, 0.05) is 5.69 Å². The molecule has 0 aromatic heterocycles. The number of likely N-dealkylation sites (tertiary alicyclic amines) is 1. The maximum absolute atomic E-state index is 12.6. The standard InChI is InChI=1S/C19H30N2O/c1-15(2)17-11-7-8-12-18(17)20-19(22)16(3)21-13-9-5-4-6-10-14-21/h7-8,11-12,15-16H,4-6,9-10,13-14H2,1-3H3,(H,20,22). The number of benzene rings is 1. The lowest BCUT2D eigenvalue weighted by atomic mass is 10.0. The molecule has 0 bridgehead atoms. The molecule has 0 spiro atoms. The first kappa shape index (κ1) is 17.0. The molecule has 3 heteroatoms. The van der Waals surface area contributed by atoms with E-state index in [1.54, 1.807) is 0 Å². The zero-order valence-corrected chi connectivity index (χ0v) is 14.3. The van der Waals surface area contributed by atoms with Crippen LogP contribution in [0.2, 0.25) is 0 Å². The fourth-order valence-electron chi connectivity index (χ4n) is 3.18. The summed E-state index contributed by atoms with van der Waals surface area (Å²) in [5, 5.41) is 3.14. The molecule has 1 unspecified atom stereocenters. The molecule has 1 aliphatic heterocycles. The second kappa shape index (κ2) is 8.33. The zero-order valence-electron chi connectivity index (χ0n) is 14.3. The molecule has 1 aliphatic rings. The Kier molecular flexibility index (Phi) is 6.44. The molecule has 1 fully saturated rings. The van der Waals surface area contributed by atoms with Crippen molar-refractivity contribution in [1.82, 2.24) is 4.90 Å². The van der Waals surface area contributed by atoms with Gasteiger partial charge in [-0.05, 0) is 50.4 Å². The summed E-state index contributed by atoms with van der Waals surface area (Å²) in [5.41, 5.74) is 2.16. The van der Waals surface area contributed by atoms with Gasteiger partial charge in [0.1, 0.15) is 0 Å². The van der Waals surface area contributed by atoms with E-state index in [4.69, 9.17) is 0 Å². The van der Waals surface area contributed by atoms with Crippen LogP contribution in [0.5, 0.6) is 0 Å². The third kappa shape index (κ3) is 4.57. The summed E-state index contributed by atoms with van der Waals surface area (Å²) in [6, 6.07) is 8.07. The van der Waals surface area contributed by atoms with Gasteiger partial charge in [-0.15, -0.1) is 0 Å². The first-order valence-electron chi connectivity index (χ1n) is 8.73. The summed E-state index contributed by atoms with van der Waals surface area (Å²) in [5.74, 6) is 0.530. The number of para-hydroxylation sites is 1. The van der Waals surface area contributed by atoms with Gasteiger partial charge in [0.15, 0.2) is 0 Å². The van der Waals surface area contributed by atoms with Gasteiger partial charge in [-0.25, -0.2) is 0 Å². The summed E-state index contributed by atoms with van der Waals surface area (Å²) >= 11 is 0. The summed E-state index contributed by atoms with van der Waals surface area (Å²) in [4.78, 5) is 15.0. The van der Waals surface area contributed by atoms with E-state index in [9.17, 15) is 4.79 Å². The van der Waals surface area contributed by atoms with Crippen LogP contribution in [-0.4, -0.2) is 29.9 Å². The Morgan fingerprint density at radius 3 is 2.23 bits per heavy atom. The van der Waals surface area contributed by atoms with Crippen molar-refractivity contribution in [3.05, 3.63) is 29.8 Å². The number of nitrogens with zero attached hydrogens (tertiary/aromatic N) is 1. The molecule has 1 N–H and O–H groups in total. The van der Waals surface area contributed by atoms with Crippen LogP contribution in [0.15, 0.2) is 24.3 Å². The Bertz CT molecular complexity index is 476. The smallest absolute Gasteiger partial charge is 0.241 e. The molecule has 1 heterocycles. The number of rotatable bonds is 4. The van der Waals surface area contributed by atoms with Crippen molar-refractivity contribution in [2.24, 2.45) is 0 Å². The number of anilines is 1. The van der Waals surface area contributed by atoms with Crippen LogP contribution in [0.4, 0.5) is 5.69 Å². The summed E-state index contributed by atoms with van der Waals surface area (Å²) < 4.78 is 0. The molecule has 0 radical (unpaired) electrons. The normalized spacial score (nSPS) is 18.5. The molecule has 0 aliphatic carbocycles. The number of amides is 1. The van der Waals surface area contributed by atoms with E-state index >= 15 is 0 Å². The van der Waals surface area contributed by atoms with Gasteiger partial charge < -0.3 is 5.32 Å². The summed E-state index contributed by atoms with van der Waals surface area (Å²) in [6.07, 6.45) is 6.35. The zero-order chi connectivity index (χ0) is 15.9. The molecule has 22 heavy (non-hydrogen) atoms. The third-order valence-corrected chi connectivity index (χ3v) is 4.66. The van der Waals surface area contributed by atoms with Crippen molar-refractivity contribution in [1.29, 1.82) is 0 Å². The summed E-state index contributed by atoms with van der Waals surface area (Å²) in [6.45, 7) is 8.44. The Hall–Kier alpha value is -1.35. The topological polar surface area (TPSA) is 32.3 Å².